The number of benzene rings is 1. The molecule has 15 heavy (non-hydrogen) atoms. The average Bonchev–Trinajstić information content (AvgIpc) is 2.74. The van der Waals surface area contributed by atoms with Crippen molar-refractivity contribution in [2.45, 2.75) is 13.0 Å². The van der Waals surface area contributed by atoms with Gasteiger partial charge in [0, 0.05) is 16.1 Å². The summed E-state index contributed by atoms with van der Waals surface area (Å²) in [6, 6.07) is 5.78. The van der Waals surface area contributed by atoms with Gasteiger partial charge >= 0.3 is 0 Å². The molecule has 1 aromatic heterocycles. The molecule has 1 atom stereocenters. The molecule has 0 fully saturated rings. The normalized spacial score (nSPS) is 12.7. The van der Waals surface area contributed by atoms with E-state index in [1.54, 1.807) is 23.0 Å². The molecule has 0 saturated heterocycles. The summed E-state index contributed by atoms with van der Waals surface area (Å²) in [5.41, 5.74) is 9.96. The van der Waals surface area contributed by atoms with Gasteiger partial charge < -0.3 is 5.73 Å². The monoisotopic (exact) mass is 238 g/mol. The molecular weight excluding hydrogens is 228 g/mol. The Morgan fingerprint density at radius 2 is 2.27 bits per heavy atom. The van der Waals surface area contributed by atoms with Crippen LogP contribution in [0.4, 0.5) is 0 Å². The molecule has 2 aromatic rings. The molecule has 1 unspecified atom stereocenters. The quantitative estimate of drug-likeness (QED) is 0.873. The van der Waals surface area contributed by atoms with Gasteiger partial charge in [-0.1, -0.05) is 23.7 Å². The molecule has 1 aromatic carbocycles. The van der Waals surface area contributed by atoms with Crippen LogP contribution in [0.1, 0.15) is 22.0 Å². The van der Waals surface area contributed by atoms with Gasteiger partial charge in [0.1, 0.15) is 0 Å². The second-order valence-corrected chi connectivity index (χ2v) is 4.72. The Labute approximate surface area is 97.7 Å². The van der Waals surface area contributed by atoms with Crippen molar-refractivity contribution in [3.05, 3.63) is 50.9 Å². The zero-order valence-corrected chi connectivity index (χ0v) is 9.85. The molecule has 78 valence electrons. The highest BCUT2D eigenvalue weighted by molar-refractivity contribution is 7.09. The van der Waals surface area contributed by atoms with E-state index in [-0.39, 0.29) is 6.04 Å². The molecule has 0 aliphatic heterocycles. The van der Waals surface area contributed by atoms with Crippen molar-refractivity contribution in [1.29, 1.82) is 0 Å². The lowest BCUT2D eigenvalue weighted by Crippen LogP contribution is -2.10. The molecule has 0 amide bonds. The maximum absolute atomic E-state index is 6.09. The minimum atomic E-state index is -0.129. The van der Waals surface area contributed by atoms with Crippen molar-refractivity contribution in [3.8, 4) is 0 Å². The van der Waals surface area contributed by atoms with Gasteiger partial charge in [0.15, 0.2) is 0 Å². The third-order valence-electron chi connectivity index (χ3n) is 2.31. The van der Waals surface area contributed by atoms with Crippen molar-refractivity contribution in [3.63, 3.8) is 0 Å². The molecule has 0 spiro atoms. The Balaban J connectivity index is 2.34. The molecule has 4 heteroatoms. The fourth-order valence-corrected chi connectivity index (χ4v) is 2.18. The van der Waals surface area contributed by atoms with Crippen molar-refractivity contribution < 1.29 is 0 Å². The highest BCUT2D eigenvalue weighted by Gasteiger charge is 2.11. The van der Waals surface area contributed by atoms with Gasteiger partial charge in [-0.2, -0.15) is 0 Å². The Morgan fingerprint density at radius 3 is 2.87 bits per heavy atom. The summed E-state index contributed by atoms with van der Waals surface area (Å²) in [5.74, 6) is 0. The van der Waals surface area contributed by atoms with Crippen LogP contribution < -0.4 is 5.73 Å². The fourth-order valence-electron chi connectivity index (χ4n) is 1.35. The van der Waals surface area contributed by atoms with Crippen LogP contribution in [0.5, 0.6) is 0 Å². The highest BCUT2D eigenvalue weighted by Crippen LogP contribution is 2.26. The van der Waals surface area contributed by atoms with Crippen LogP contribution in [-0.4, -0.2) is 4.98 Å². The van der Waals surface area contributed by atoms with E-state index in [4.69, 9.17) is 17.3 Å². The molecule has 2 nitrogen and oxygen atoms in total. The van der Waals surface area contributed by atoms with Crippen LogP contribution in [0.2, 0.25) is 5.02 Å². The van der Waals surface area contributed by atoms with Crippen LogP contribution in [0.3, 0.4) is 0 Å². The number of hydrogen-bond donors (Lipinski definition) is 1. The first-order valence-corrected chi connectivity index (χ1v) is 5.84. The number of nitrogens with zero attached hydrogens (tertiary/aromatic N) is 1. The first kappa shape index (κ1) is 10.6. The Hall–Kier alpha value is -0.900. The van der Waals surface area contributed by atoms with Gasteiger partial charge in [-0.05, 0) is 24.1 Å². The van der Waals surface area contributed by atoms with Gasteiger partial charge in [-0.3, -0.25) is 4.98 Å². The maximum atomic E-state index is 6.09. The fraction of sp³-hybridized carbons (Fsp3) is 0.182. The number of aromatic nitrogens is 1. The zero-order valence-electron chi connectivity index (χ0n) is 8.27. The van der Waals surface area contributed by atoms with Crippen LogP contribution in [0.15, 0.2) is 29.9 Å². The third kappa shape index (κ3) is 2.20. The summed E-state index contributed by atoms with van der Waals surface area (Å²) in [6.45, 7) is 1.98. The highest BCUT2D eigenvalue weighted by atomic mass is 35.5. The molecular formula is C11H11ClN2S. The summed E-state index contributed by atoms with van der Waals surface area (Å²) in [6.07, 6.45) is 1.79. The van der Waals surface area contributed by atoms with Crippen LogP contribution in [-0.2, 0) is 0 Å². The summed E-state index contributed by atoms with van der Waals surface area (Å²) in [5, 5.41) is 0.757. The summed E-state index contributed by atoms with van der Waals surface area (Å²) >= 11 is 7.61. The smallest absolute Gasteiger partial charge is 0.0794 e. The van der Waals surface area contributed by atoms with Crippen molar-refractivity contribution in [1.82, 2.24) is 4.98 Å². The third-order valence-corrected chi connectivity index (χ3v) is 3.58. The standard InChI is InChI=1S/C11H11ClN2S/c1-7-2-3-8(4-9(7)12)11(13)10-5-14-6-15-10/h2-6,11H,13H2,1H3. The lowest BCUT2D eigenvalue weighted by molar-refractivity contribution is 0.888. The molecule has 0 saturated carbocycles. The van der Waals surface area contributed by atoms with E-state index in [9.17, 15) is 0 Å². The first-order valence-electron chi connectivity index (χ1n) is 4.58. The van der Waals surface area contributed by atoms with E-state index in [2.05, 4.69) is 4.98 Å². The Morgan fingerprint density at radius 1 is 1.47 bits per heavy atom. The van der Waals surface area contributed by atoms with E-state index in [1.807, 2.05) is 25.1 Å². The number of halogens is 1. The molecule has 0 bridgehead atoms. The average molecular weight is 239 g/mol. The lowest BCUT2D eigenvalue weighted by atomic mass is 10.1. The van der Waals surface area contributed by atoms with Gasteiger partial charge in [-0.25, -0.2) is 0 Å². The second kappa shape index (κ2) is 4.31. The number of thiazole rings is 1. The van der Waals surface area contributed by atoms with E-state index in [1.165, 1.54) is 0 Å². The second-order valence-electron chi connectivity index (χ2n) is 3.39. The number of rotatable bonds is 2. The van der Waals surface area contributed by atoms with E-state index >= 15 is 0 Å². The topological polar surface area (TPSA) is 38.9 Å². The van der Waals surface area contributed by atoms with Crippen molar-refractivity contribution in [2.75, 3.05) is 0 Å². The minimum absolute atomic E-state index is 0.129. The summed E-state index contributed by atoms with van der Waals surface area (Å²) < 4.78 is 0. The maximum Gasteiger partial charge on any atom is 0.0794 e. The van der Waals surface area contributed by atoms with Crippen molar-refractivity contribution in [2.24, 2.45) is 5.73 Å². The van der Waals surface area contributed by atoms with E-state index in [0.717, 1.165) is 21.0 Å². The lowest BCUT2D eigenvalue weighted by Gasteiger charge is -2.10. The first-order chi connectivity index (χ1) is 7.18. The predicted octanol–water partition coefficient (Wildman–Crippen LogP) is 3.15. The van der Waals surface area contributed by atoms with E-state index in [0.29, 0.717) is 0 Å². The van der Waals surface area contributed by atoms with Crippen LogP contribution in [0, 0.1) is 6.92 Å². The predicted molar refractivity (Wildman–Crippen MR) is 64.3 cm³/mol. The van der Waals surface area contributed by atoms with Gasteiger partial charge in [0.05, 0.1) is 11.6 Å². The SMILES string of the molecule is Cc1ccc(C(N)c2cncs2)cc1Cl. The molecule has 2 rings (SSSR count). The number of nitrogens with two attached hydrogens (primary N) is 1. The summed E-state index contributed by atoms with van der Waals surface area (Å²) in [4.78, 5) is 5.07. The van der Waals surface area contributed by atoms with Gasteiger partial charge in [0.25, 0.3) is 0 Å². The number of aryl methyl sites for hydroxylation is 1. The minimum Gasteiger partial charge on any atom is -0.320 e. The summed E-state index contributed by atoms with van der Waals surface area (Å²) in [7, 11) is 0. The largest absolute Gasteiger partial charge is 0.320 e. The zero-order chi connectivity index (χ0) is 10.8. The molecule has 1 heterocycles. The Bertz CT molecular complexity index is 454. The number of hydrogen-bond acceptors (Lipinski definition) is 3. The van der Waals surface area contributed by atoms with Gasteiger partial charge in [-0.15, -0.1) is 11.3 Å². The van der Waals surface area contributed by atoms with E-state index < -0.39 is 0 Å². The molecule has 0 aliphatic rings. The van der Waals surface area contributed by atoms with Crippen LogP contribution >= 0.6 is 22.9 Å². The molecule has 2 N–H and O–H groups in total. The van der Waals surface area contributed by atoms with Gasteiger partial charge in [0.2, 0.25) is 0 Å². The van der Waals surface area contributed by atoms with Crippen LogP contribution in [0.25, 0.3) is 0 Å². The Kier molecular flexibility index (Phi) is 3.05. The molecule has 0 aliphatic carbocycles. The van der Waals surface area contributed by atoms with Crippen molar-refractivity contribution >= 4 is 22.9 Å². The molecule has 0 radical (unpaired) electrons.